The van der Waals surface area contributed by atoms with Gasteiger partial charge in [0.25, 0.3) is 0 Å². The molecule has 4 atom stereocenters. The van der Waals surface area contributed by atoms with Crippen LogP contribution in [0.1, 0.15) is 38.8 Å². The molecule has 5 nitrogen and oxygen atoms in total. The number of amides is 1. The predicted molar refractivity (Wildman–Crippen MR) is 96.6 cm³/mol. The predicted octanol–water partition coefficient (Wildman–Crippen LogP) is 1.94. The van der Waals surface area contributed by atoms with E-state index < -0.39 is 0 Å². The molecule has 1 saturated heterocycles. The molecule has 1 amide bonds. The number of morpholine rings is 1. The Hall–Kier alpha value is -1.43. The van der Waals surface area contributed by atoms with Crippen LogP contribution in [0.3, 0.4) is 0 Å². The summed E-state index contributed by atoms with van der Waals surface area (Å²) in [6.45, 7) is 9.70. The third-order valence-electron chi connectivity index (χ3n) is 4.58. The van der Waals surface area contributed by atoms with Gasteiger partial charge in [-0.05, 0) is 25.8 Å². The summed E-state index contributed by atoms with van der Waals surface area (Å²) in [5.74, 6) is -0.217. The summed E-state index contributed by atoms with van der Waals surface area (Å²) < 4.78 is 5.74. The monoisotopic (exact) mass is 333 g/mol. The number of carbonyl (C=O) groups is 1. The molecule has 0 bridgehead atoms. The molecule has 1 aromatic carbocycles. The fourth-order valence-electron chi connectivity index (χ4n) is 3.27. The van der Waals surface area contributed by atoms with Crippen LogP contribution in [-0.2, 0) is 9.53 Å². The lowest BCUT2D eigenvalue weighted by atomic mass is 9.95. The summed E-state index contributed by atoms with van der Waals surface area (Å²) in [6, 6.07) is 9.51. The Balaban J connectivity index is 1.69. The summed E-state index contributed by atoms with van der Waals surface area (Å²) >= 11 is 0. The van der Waals surface area contributed by atoms with Crippen LogP contribution in [0.4, 0.5) is 0 Å². The molecular weight excluding hydrogens is 302 g/mol. The van der Waals surface area contributed by atoms with E-state index in [1.165, 1.54) is 0 Å². The number of hydrogen-bond donors (Lipinski definition) is 2. The van der Waals surface area contributed by atoms with Crippen LogP contribution in [0.2, 0.25) is 0 Å². The van der Waals surface area contributed by atoms with Crippen LogP contribution in [-0.4, -0.2) is 49.2 Å². The van der Waals surface area contributed by atoms with Gasteiger partial charge in [-0.15, -0.1) is 0 Å². The molecule has 134 valence electrons. The number of nitrogens with zero attached hydrogens (tertiary/aromatic N) is 1. The molecule has 1 heterocycles. The fourth-order valence-corrected chi connectivity index (χ4v) is 3.27. The lowest BCUT2D eigenvalue weighted by Crippen LogP contribution is -2.46. The minimum absolute atomic E-state index is 0.0232. The first-order chi connectivity index (χ1) is 11.5. The van der Waals surface area contributed by atoms with E-state index in [-0.39, 0.29) is 30.1 Å². The van der Waals surface area contributed by atoms with Gasteiger partial charge in [0.05, 0.1) is 18.1 Å². The Kier molecular flexibility index (Phi) is 7.21. The Bertz CT molecular complexity index is 499. The van der Waals surface area contributed by atoms with Gasteiger partial charge in [0.2, 0.25) is 5.91 Å². The highest BCUT2D eigenvalue weighted by atomic mass is 16.5. The summed E-state index contributed by atoms with van der Waals surface area (Å²) in [4.78, 5) is 14.7. The maximum absolute atomic E-state index is 12.3. The first-order valence-corrected chi connectivity index (χ1v) is 8.93. The van der Waals surface area contributed by atoms with Gasteiger partial charge in [-0.1, -0.05) is 37.3 Å². The minimum atomic E-state index is -0.271. The Morgan fingerprint density at radius 2 is 1.92 bits per heavy atom. The SMILES string of the molecule is CC1CN(CCCNC(=O)C(C)C(N)c2ccccc2)CC(C)O1. The number of ether oxygens (including phenoxy) is 1. The van der Waals surface area contributed by atoms with Crippen molar-refractivity contribution in [3.05, 3.63) is 35.9 Å². The maximum atomic E-state index is 12.3. The molecule has 0 saturated carbocycles. The van der Waals surface area contributed by atoms with Crippen LogP contribution < -0.4 is 11.1 Å². The number of benzene rings is 1. The summed E-state index contributed by atoms with van der Waals surface area (Å²) in [6.07, 6.45) is 1.51. The quantitative estimate of drug-likeness (QED) is 0.748. The van der Waals surface area contributed by atoms with E-state index in [1.807, 2.05) is 37.3 Å². The van der Waals surface area contributed by atoms with Crippen LogP contribution in [0, 0.1) is 5.92 Å². The van der Waals surface area contributed by atoms with E-state index >= 15 is 0 Å². The van der Waals surface area contributed by atoms with E-state index in [0.29, 0.717) is 6.54 Å². The van der Waals surface area contributed by atoms with E-state index in [1.54, 1.807) is 0 Å². The molecular formula is C19H31N3O2. The largest absolute Gasteiger partial charge is 0.373 e. The van der Waals surface area contributed by atoms with Gasteiger partial charge in [0.15, 0.2) is 0 Å². The van der Waals surface area contributed by atoms with Crippen molar-refractivity contribution >= 4 is 5.91 Å². The molecule has 1 aliphatic heterocycles. The van der Waals surface area contributed by atoms with Gasteiger partial charge in [0.1, 0.15) is 0 Å². The average Bonchev–Trinajstić information content (AvgIpc) is 2.57. The summed E-state index contributed by atoms with van der Waals surface area (Å²) in [5.41, 5.74) is 7.20. The van der Waals surface area contributed by atoms with Crippen molar-refractivity contribution in [3.8, 4) is 0 Å². The molecule has 24 heavy (non-hydrogen) atoms. The molecule has 1 aliphatic rings. The zero-order chi connectivity index (χ0) is 17.5. The van der Waals surface area contributed by atoms with Gasteiger partial charge in [-0.2, -0.15) is 0 Å². The molecule has 5 heteroatoms. The van der Waals surface area contributed by atoms with Gasteiger partial charge in [0, 0.05) is 32.2 Å². The van der Waals surface area contributed by atoms with Crippen molar-refractivity contribution in [1.29, 1.82) is 0 Å². The van der Waals surface area contributed by atoms with Crippen molar-refractivity contribution in [2.24, 2.45) is 11.7 Å². The van der Waals surface area contributed by atoms with Crippen LogP contribution in [0.15, 0.2) is 30.3 Å². The molecule has 4 unspecified atom stereocenters. The third kappa shape index (κ3) is 5.58. The molecule has 0 aliphatic carbocycles. The number of nitrogens with two attached hydrogens (primary N) is 1. The molecule has 2 rings (SSSR count). The molecule has 3 N–H and O–H groups in total. The maximum Gasteiger partial charge on any atom is 0.224 e. The lowest BCUT2D eigenvalue weighted by molar-refractivity contribution is -0.125. The van der Waals surface area contributed by atoms with Crippen molar-refractivity contribution in [2.45, 2.75) is 45.4 Å². The number of nitrogens with one attached hydrogen (secondary N) is 1. The lowest BCUT2D eigenvalue weighted by Gasteiger charge is -2.35. The topological polar surface area (TPSA) is 67.6 Å². The first-order valence-electron chi connectivity index (χ1n) is 8.93. The highest BCUT2D eigenvalue weighted by Crippen LogP contribution is 2.19. The average molecular weight is 333 g/mol. The van der Waals surface area contributed by atoms with Gasteiger partial charge in [-0.25, -0.2) is 0 Å². The van der Waals surface area contributed by atoms with Gasteiger partial charge >= 0.3 is 0 Å². The van der Waals surface area contributed by atoms with E-state index in [2.05, 4.69) is 24.1 Å². The number of carbonyl (C=O) groups excluding carboxylic acids is 1. The van der Waals surface area contributed by atoms with Crippen LogP contribution >= 0.6 is 0 Å². The molecule has 0 spiro atoms. The van der Waals surface area contributed by atoms with Crippen molar-refractivity contribution in [2.75, 3.05) is 26.2 Å². The number of hydrogen-bond acceptors (Lipinski definition) is 4. The van der Waals surface area contributed by atoms with Gasteiger partial charge < -0.3 is 15.8 Å². The molecule has 1 aromatic rings. The highest BCUT2D eigenvalue weighted by molar-refractivity contribution is 5.79. The van der Waals surface area contributed by atoms with Crippen LogP contribution in [0.5, 0.6) is 0 Å². The zero-order valence-electron chi connectivity index (χ0n) is 15.1. The second-order valence-electron chi connectivity index (χ2n) is 6.89. The highest BCUT2D eigenvalue weighted by Gasteiger charge is 2.23. The Labute approximate surface area is 145 Å². The van der Waals surface area contributed by atoms with Crippen molar-refractivity contribution < 1.29 is 9.53 Å². The molecule has 0 radical (unpaired) electrons. The minimum Gasteiger partial charge on any atom is -0.373 e. The summed E-state index contributed by atoms with van der Waals surface area (Å²) in [7, 11) is 0. The molecule has 0 aromatic heterocycles. The van der Waals surface area contributed by atoms with Crippen LogP contribution in [0.25, 0.3) is 0 Å². The summed E-state index contributed by atoms with van der Waals surface area (Å²) in [5, 5.41) is 3.02. The zero-order valence-corrected chi connectivity index (χ0v) is 15.1. The molecule has 1 fully saturated rings. The number of rotatable bonds is 7. The van der Waals surface area contributed by atoms with Crippen molar-refractivity contribution in [1.82, 2.24) is 10.2 Å². The van der Waals surface area contributed by atoms with E-state index in [4.69, 9.17) is 10.5 Å². The second kappa shape index (κ2) is 9.16. The standard InChI is InChI=1S/C19H31N3O2/c1-14-12-22(13-15(2)24-14)11-7-10-21-19(23)16(3)18(20)17-8-5-4-6-9-17/h4-6,8-9,14-16,18H,7,10-13,20H2,1-3H3,(H,21,23). The second-order valence-corrected chi connectivity index (χ2v) is 6.89. The fraction of sp³-hybridized carbons (Fsp3) is 0.632. The first kappa shape index (κ1) is 18.9. The third-order valence-corrected chi connectivity index (χ3v) is 4.58. The van der Waals surface area contributed by atoms with E-state index in [0.717, 1.165) is 31.6 Å². The smallest absolute Gasteiger partial charge is 0.224 e. The van der Waals surface area contributed by atoms with E-state index in [9.17, 15) is 4.79 Å². The van der Waals surface area contributed by atoms with Gasteiger partial charge in [-0.3, -0.25) is 9.69 Å². The Morgan fingerprint density at radius 3 is 2.54 bits per heavy atom. The Morgan fingerprint density at radius 1 is 1.29 bits per heavy atom. The van der Waals surface area contributed by atoms with Crippen molar-refractivity contribution in [3.63, 3.8) is 0 Å². The normalized spacial score (nSPS) is 24.3.